The molecule has 7 nitrogen and oxygen atoms in total. The Morgan fingerprint density at radius 2 is 1.91 bits per heavy atom. The number of nitrogens with zero attached hydrogens (tertiary/aromatic N) is 4. The van der Waals surface area contributed by atoms with Crippen molar-refractivity contribution in [1.82, 2.24) is 15.3 Å². The van der Waals surface area contributed by atoms with Crippen LogP contribution in [0.4, 0.5) is 5.69 Å². The van der Waals surface area contributed by atoms with Gasteiger partial charge < -0.3 is 15.0 Å². The van der Waals surface area contributed by atoms with Crippen LogP contribution < -0.4 is 10.2 Å². The van der Waals surface area contributed by atoms with Crippen molar-refractivity contribution in [2.24, 2.45) is 0 Å². The van der Waals surface area contributed by atoms with Gasteiger partial charge in [-0.3, -0.25) is 4.79 Å². The van der Waals surface area contributed by atoms with Crippen LogP contribution in [0.5, 0.6) is 0 Å². The van der Waals surface area contributed by atoms with Crippen LogP contribution in [0.25, 0.3) is 11.3 Å². The van der Waals surface area contributed by atoms with Gasteiger partial charge in [0.05, 0.1) is 24.0 Å². The van der Waals surface area contributed by atoms with E-state index in [0.717, 1.165) is 48.8 Å². The fourth-order valence-corrected chi connectivity index (χ4v) is 4.44. The molecule has 1 atom stereocenters. The molecular formula is C26H25N5O2. The van der Waals surface area contributed by atoms with Gasteiger partial charge in [0.25, 0.3) is 5.91 Å². The number of hydrogen-bond donors (Lipinski definition) is 1. The summed E-state index contributed by atoms with van der Waals surface area (Å²) in [7, 11) is 0. The highest BCUT2D eigenvalue weighted by Crippen LogP contribution is 2.37. The molecule has 2 fully saturated rings. The molecule has 1 amide bonds. The highest BCUT2D eigenvalue weighted by molar-refractivity contribution is 5.94. The third-order valence-corrected chi connectivity index (χ3v) is 6.42. The summed E-state index contributed by atoms with van der Waals surface area (Å²) in [4.78, 5) is 23.5. The van der Waals surface area contributed by atoms with E-state index in [4.69, 9.17) is 15.0 Å². The van der Waals surface area contributed by atoms with Gasteiger partial charge in [-0.1, -0.05) is 24.3 Å². The number of carbonyl (C=O) groups is 1. The lowest BCUT2D eigenvalue weighted by atomic mass is 9.94. The Balaban J connectivity index is 1.24. The second kappa shape index (κ2) is 9.00. The molecule has 2 aliphatic heterocycles. The first-order valence-corrected chi connectivity index (χ1v) is 11.2. The van der Waals surface area contributed by atoms with E-state index < -0.39 is 0 Å². The van der Waals surface area contributed by atoms with Gasteiger partial charge >= 0.3 is 0 Å². The Morgan fingerprint density at radius 1 is 1.12 bits per heavy atom. The fourth-order valence-electron chi connectivity index (χ4n) is 4.44. The number of nitriles is 1. The van der Waals surface area contributed by atoms with Gasteiger partial charge in [0.15, 0.2) is 0 Å². The molecule has 5 rings (SSSR count). The van der Waals surface area contributed by atoms with Gasteiger partial charge in [-0.05, 0) is 42.3 Å². The Bertz CT molecular complexity index is 1180. The summed E-state index contributed by atoms with van der Waals surface area (Å²) in [6.07, 6.45) is 4.70. The first-order valence-electron chi connectivity index (χ1n) is 11.2. The van der Waals surface area contributed by atoms with Crippen LogP contribution in [0.3, 0.4) is 0 Å². The highest BCUT2D eigenvalue weighted by Gasteiger charge is 2.44. The maximum absolute atomic E-state index is 12.0. The van der Waals surface area contributed by atoms with Crippen LogP contribution >= 0.6 is 0 Å². The van der Waals surface area contributed by atoms with E-state index in [-0.39, 0.29) is 18.1 Å². The minimum atomic E-state index is -0.265. The maximum atomic E-state index is 12.0. The Kier molecular flexibility index (Phi) is 5.76. The number of ether oxygens (including phenoxy) is 1. The number of aromatic nitrogens is 2. The number of rotatable bonds is 6. The summed E-state index contributed by atoms with van der Waals surface area (Å²) in [6, 6.07) is 19.6. The number of amides is 1. The zero-order valence-corrected chi connectivity index (χ0v) is 18.3. The van der Waals surface area contributed by atoms with E-state index in [1.54, 1.807) is 18.3 Å². The van der Waals surface area contributed by atoms with Crippen LogP contribution in [-0.2, 0) is 11.2 Å². The molecule has 3 heterocycles. The molecule has 1 N–H and O–H groups in total. The summed E-state index contributed by atoms with van der Waals surface area (Å²) in [6.45, 7) is 2.91. The van der Waals surface area contributed by atoms with Gasteiger partial charge in [0, 0.05) is 48.9 Å². The van der Waals surface area contributed by atoms with E-state index >= 15 is 0 Å². The molecule has 3 aromatic rings. The molecular weight excluding hydrogens is 414 g/mol. The van der Waals surface area contributed by atoms with Crippen molar-refractivity contribution in [3.8, 4) is 17.3 Å². The number of carbonyl (C=O) groups excluding carboxylic acids is 1. The lowest BCUT2D eigenvalue weighted by Gasteiger charge is -2.38. The molecule has 0 bridgehead atoms. The van der Waals surface area contributed by atoms with Crippen LogP contribution in [0.1, 0.15) is 34.6 Å². The van der Waals surface area contributed by atoms with E-state index in [1.807, 2.05) is 24.3 Å². The number of hydrogen-bond acceptors (Lipinski definition) is 6. The van der Waals surface area contributed by atoms with Crippen molar-refractivity contribution in [1.29, 1.82) is 5.26 Å². The van der Waals surface area contributed by atoms with Crippen LogP contribution in [0.15, 0.2) is 60.8 Å². The van der Waals surface area contributed by atoms with Crippen molar-refractivity contribution in [2.45, 2.75) is 24.9 Å². The SMILES string of the molecule is N#CCNC(=O)c1ccc(-c2ccnc(Cc3ccc(N4CC[C@@]5(CCO5)C4)cc3)n2)cc1. The zero-order chi connectivity index (χ0) is 22.7. The topological polar surface area (TPSA) is 91.1 Å². The highest BCUT2D eigenvalue weighted by atomic mass is 16.5. The number of nitrogens with one attached hydrogen (secondary N) is 1. The van der Waals surface area contributed by atoms with Crippen LogP contribution in [-0.4, -0.2) is 47.7 Å². The Hall–Kier alpha value is -3.76. The molecule has 0 radical (unpaired) electrons. The molecule has 2 aliphatic rings. The molecule has 1 spiro atoms. The fraction of sp³-hybridized carbons (Fsp3) is 0.308. The second-order valence-corrected chi connectivity index (χ2v) is 8.57. The summed E-state index contributed by atoms with van der Waals surface area (Å²) < 4.78 is 5.83. The van der Waals surface area contributed by atoms with Gasteiger partial charge in [0.2, 0.25) is 0 Å². The number of benzene rings is 2. The van der Waals surface area contributed by atoms with E-state index in [9.17, 15) is 4.79 Å². The predicted molar refractivity (Wildman–Crippen MR) is 125 cm³/mol. The third kappa shape index (κ3) is 4.57. The maximum Gasteiger partial charge on any atom is 0.252 e. The molecule has 7 heteroatoms. The smallest absolute Gasteiger partial charge is 0.252 e. The molecule has 166 valence electrons. The van der Waals surface area contributed by atoms with Crippen molar-refractivity contribution < 1.29 is 9.53 Å². The van der Waals surface area contributed by atoms with Gasteiger partial charge in [-0.15, -0.1) is 0 Å². The molecule has 2 saturated heterocycles. The largest absolute Gasteiger partial charge is 0.373 e. The second-order valence-electron chi connectivity index (χ2n) is 8.57. The molecule has 0 saturated carbocycles. The molecule has 1 aromatic heterocycles. The first kappa shape index (κ1) is 21.1. The predicted octanol–water partition coefficient (Wildman–Crippen LogP) is 3.36. The normalized spacial score (nSPS) is 19.2. The summed E-state index contributed by atoms with van der Waals surface area (Å²) >= 11 is 0. The van der Waals surface area contributed by atoms with Crippen molar-refractivity contribution in [3.05, 3.63) is 77.7 Å². The minimum Gasteiger partial charge on any atom is -0.373 e. The summed E-state index contributed by atoms with van der Waals surface area (Å²) in [5.41, 5.74) is 4.73. The summed E-state index contributed by atoms with van der Waals surface area (Å²) in [5.74, 6) is 0.485. The summed E-state index contributed by atoms with van der Waals surface area (Å²) in [5, 5.41) is 11.1. The Morgan fingerprint density at radius 3 is 2.58 bits per heavy atom. The van der Waals surface area contributed by atoms with E-state index in [2.05, 4.69) is 39.5 Å². The van der Waals surface area contributed by atoms with Gasteiger partial charge in [-0.2, -0.15) is 5.26 Å². The van der Waals surface area contributed by atoms with Crippen molar-refractivity contribution >= 4 is 11.6 Å². The molecule has 0 aliphatic carbocycles. The van der Waals surface area contributed by atoms with Crippen LogP contribution in [0.2, 0.25) is 0 Å². The monoisotopic (exact) mass is 439 g/mol. The van der Waals surface area contributed by atoms with E-state index in [0.29, 0.717) is 12.0 Å². The molecule has 2 aromatic carbocycles. The average molecular weight is 440 g/mol. The molecule has 33 heavy (non-hydrogen) atoms. The Labute approximate surface area is 193 Å². The first-order chi connectivity index (χ1) is 16.1. The molecule has 0 unspecified atom stereocenters. The van der Waals surface area contributed by atoms with Crippen molar-refractivity contribution in [2.75, 3.05) is 31.1 Å². The minimum absolute atomic E-state index is 0.00986. The third-order valence-electron chi connectivity index (χ3n) is 6.42. The number of anilines is 1. The van der Waals surface area contributed by atoms with Crippen LogP contribution in [0, 0.1) is 11.3 Å². The van der Waals surface area contributed by atoms with E-state index in [1.165, 1.54) is 12.1 Å². The van der Waals surface area contributed by atoms with Gasteiger partial charge in [0.1, 0.15) is 12.4 Å². The average Bonchev–Trinajstić information content (AvgIpc) is 3.30. The van der Waals surface area contributed by atoms with Gasteiger partial charge in [-0.25, -0.2) is 9.97 Å². The lowest BCUT2D eigenvalue weighted by Crippen LogP contribution is -2.45. The quantitative estimate of drug-likeness (QED) is 0.593. The van der Waals surface area contributed by atoms with Crippen molar-refractivity contribution in [3.63, 3.8) is 0 Å². The lowest BCUT2D eigenvalue weighted by molar-refractivity contribution is -0.130. The zero-order valence-electron chi connectivity index (χ0n) is 18.3. The standard InChI is InChI=1S/C26H25N5O2/c27-12-14-29-25(32)21-5-3-20(4-6-21)23-9-13-28-24(30-23)17-19-1-7-22(8-2-19)31-15-10-26(18-31)11-16-33-26/h1-9,13H,10-11,14-18H2,(H,29,32)/t26-/m1/s1.